The quantitative estimate of drug-likeness (QED) is 0.891. The molecule has 25 heavy (non-hydrogen) atoms. The van der Waals surface area contributed by atoms with E-state index < -0.39 is 6.10 Å². The highest BCUT2D eigenvalue weighted by Crippen LogP contribution is 2.31. The van der Waals surface area contributed by atoms with Gasteiger partial charge in [0.1, 0.15) is 11.6 Å². The van der Waals surface area contributed by atoms with Crippen LogP contribution in [0.1, 0.15) is 51.8 Å². The lowest BCUT2D eigenvalue weighted by Gasteiger charge is -2.29. The molecule has 0 unspecified atom stereocenters. The number of carbonyl (C=O) groups is 1. The van der Waals surface area contributed by atoms with Crippen molar-refractivity contribution in [2.24, 2.45) is 5.92 Å². The van der Waals surface area contributed by atoms with E-state index in [1.54, 1.807) is 13.1 Å². The Labute approximate surface area is 148 Å². The maximum atomic E-state index is 12.0. The van der Waals surface area contributed by atoms with Crippen molar-refractivity contribution < 1.29 is 9.90 Å². The highest BCUT2D eigenvalue weighted by atomic mass is 16.3. The van der Waals surface area contributed by atoms with Gasteiger partial charge in [0.05, 0.1) is 11.8 Å². The number of rotatable bonds is 4. The maximum absolute atomic E-state index is 12.0. The third kappa shape index (κ3) is 3.90. The van der Waals surface area contributed by atoms with E-state index in [-0.39, 0.29) is 11.8 Å². The van der Waals surface area contributed by atoms with Crippen LogP contribution < -0.4 is 10.2 Å². The molecule has 1 atom stereocenters. The number of hydrogen-bond acceptors (Lipinski definition) is 5. The largest absolute Gasteiger partial charge is 0.387 e. The lowest BCUT2D eigenvalue weighted by Crippen LogP contribution is -2.30. The number of carbonyl (C=O) groups excluding carboxylic acids is 1. The van der Waals surface area contributed by atoms with Gasteiger partial charge in [-0.3, -0.25) is 4.79 Å². The van der Waals surface area contributed by atoms with Crippen molar-refractivity contribution >= 4 is 28.3 Å². The first-order valence-electron chi connectivity index (χ1n) is 9.00. The van der Waals surface area contributed by atoms with E-state index in [1.165, 1.54) is 6.42 Å². The summed E-state index contributed by atoms with van der Waals surface area (Å²) in [5.74, 6) is 1.25. The van der Waals surface area contributed by atoms with Crippen LogP contribution in [-0.4, -0.2) is 34.1 Å². The molecule has 1 aliphatic heterocycles. The van der Waals surface area contributed by atoms with Crippen LogP contribution in [0.25, 0.3) is 10.8 Å². The van der Waals surface area contributed by atoms with Gasteiger partial charge in [-0.1, -0.05) is 13.8 Å². The zero-order chi connectivity index (χ0) is 18.0. The first-order chi connectivity index (χ1) is 12.0. The highest BCUT2D eigenvalue weighted by Gasteiger charge is 2.19. The number of fused-ring (bicyclic) bond motifs is 1. The van der Waals surface area contributed by atoms with Gasteiger partial charge in [0.2, 0.25) is 5.91 Å². The van der Waals surface area contributed by atoms with E-state index in [9.17, 15) is 9.90 Å². The van der Waals surface area contributed by atoms with Crippen molar-refractivity contribution in [1.82, 2.24) is 9.97 Å². The lowest BCUT2D eigenvalue weighted by atomic mass is 10.1. The number of piperidine rings is 1. The standard InChI is InChI=1S/C19H26N4O2/c1-12(2)19(25)22-17-10-15-14(11-20-17)9-16(13(3)24)21-18(15)23-7-5-4-6-8-23/h9-13,24H,4-8H2,1-3H3,(H,20,22,25)/t13-/m1/s1. The summed E-state index contributed by atoms with van der Waals surface area (Å²) >= 11 is 0. The second-order valence-electron chi connectivity index (χ2n) is 7.03. The minimum Gasteiger partial charge on any atom is -0.387 e. The van der Waals surface area contributed by atoms with Gasteiger partial charge in [-0.25, -0.2) is 9.97 Å². The second kappa shape index (κ2) is 7.35. The van der Waals surface area contributed by atoms with E-state index in [2.05, 4.69) is 15.2 Å². The minimum absolute atomic E-state index is 0.0556. The number of pyridine rings is 2. The van der Waals surface area contributed by atoms with Gasteiger partial charge in [0.15, 0.2) is 0 Å². The van der Waals surface area contributed by atoms with Crippen LogP contribution in [-0.2, 0) is 4.79 Å². The van der Waals surface area contributed by atoms with Crippen molar-refractivity contribution in [2.45, 2.75) is 46.1 Å². The number of amides is 1. The average molecular weight is 342 g/mol. The molecular formula is C19H26N4O2. The Morgan fingerprint density at radius 3 is 2.56 bits per heavy atom. The third-order valence-electron chi connectivity index (χ3n) is 4.57. The Hall–Kier alpha value is -2.21. The third-order valence-corrected chi connectivity index (χ3v) is 4.57. The number of nitrogens with zero attached hydrogens (tertiary/aromatic N) is 3. The molecule has 3 heterocycles. The number of aromatic nitrogens is 2. The number of hydrogen-bond donors (Lipinski definition) is 2. The minimum atomic E-state index is -0.631. The Bertz CT molecular complexity index is 767. The summed E-state index contributed by atoms with van der Waals surface area (Å²) in [4.78, 5) is 23.3. The van der Waals surface area contributed by atoms with Crippen LogP contribution in [0.15, 0.2) is 18.3 Å². The first kappa shape index (κ1) is 17.6. The molecule has 1 amide bonds. The topological polar surface area (TPSA) is 78.4 Å². The predicted octanol–water partition coefficient (Wildman–Crippen LogP) is 3.27. The van der Waals surface area contributed by atoms with Crippen LogP contribution in [0.4, 0.5) is 11.6 Å². The summed E-state index contributed by atoms with van der Waals surface area (Å²) in [5.41, 5.74) is 0.647. The van der Waals surface area contributed by atoms with Gasteiger partial charge in [-0.15, -0.1) is 0 Å². The molecule has 0 aromatic carbocycles. The van der Waals surface area contributed by atoms with E-state index >= 15 is 0 Å². The molecular weight excluding hydrogens is 316 g/mol. The van der Waals surface area contributed by atoms with Crippen LogP contribution in [0.2, 0.25) is 0 Å². The van der Waals surface area contributed by atoms with Gasteiger partial charge >= 0.3 is 0 Å². The number of nitrogens with one attached hydrogen (secondary N) is 1. The monoisotopic (exact) mass is 342 g/mol. The zero-order valence-electron chi connectivity index (χ0n) is 15.1. The number of aliphatic hydroxyl groups is 1. The summed E-state index contributed by atoms with van der Waals surface area (Å²) in [6.45, 7) is 7.35. The Morgan fingerprint density at radius 2 is 1.92 bits per heavy atom. The van der Waals surface area contributed by atoms with Crippen LogP contribution in [0.5, 0.6) is 0 Å². The van der Waals surface area contributed by atoms with Gasteiger partial charge in [0.25, 0.3) is 0 Å². The molecule has 2 N–H and O–H groups in total. The second-order valence-corrected chi connectivity index (χ2v) is 7.03. The predicted molar refractivity (Wildman–Crippen MR) is 99.7 cm³/mol. The lowest BCUT2D eigenvalue weighted by molar-refractivity contribution is -0.118. The fourth-order valence-corrected chi connectivity index (χ4v) is 3.05. The molecule has 134 valence electrons. The molecule has 6 heteroatoms. The van der Waals surface area contributed by atoms with Crippen molar-refractivity contribution in [2.75, 3.05) is 23.3 Å². The molecule has 2 aromatic rings. The normalized spacial score (nSPS) is 16.3. The molecule has 0 aliphatic carbocycles. The van der Waals surface area contributed by atoms with E-state index in [0.717, 1.165) is 42.5 Å². The molecule has 1 saturated heterocycles. The molecule has 6 nitrogen and oxygen atoms in total. The van der Waals surface area contributed by atoms with Gasteiger partial charge < -0.3 is 15.3 Å². The van der Waals surface area contributed by atoms with E-state index in [1.807, 2.05) is 26.0 Å². The fourth-order valence-electron chi connectivity index (χ4n) is 3.05. The number of anilines is 2. The smallest absolute Gasteiger partial charge is 0.228 e. The summed E-state index contributed by atoms with van der Waals surface area (Å²) < 4.78 is 0. The van der Waals surface area contributed by atoms with Crippen LogP contribution in [0, 0.1) is 5.92 Å². The van der Waals surface area contributed by atoms with Crippen LogP contribution >= 0.6 is 0 Å². The molecule has 0 radical (unpaired) electrons. The van der Waals surface area contributed by atoms with Crippen LogP contribution in [0.3, 0.4) is 0 Å². The summed E-state index contributed by atoms with van der Waals surface area (Å²) in [6, 6.07) is 3.76. The van der Waals surface area contributed by atoms with Gasteiger partial charge in [0, 0.05) is 36.0 Å². The van der Waals surface area contributed by atoms with Crippen molar-refractivity contribution in [3.63, 3.8) is 0 Å². The summed E-state index contributed by atoms with van der Waals surface area (Å²) in [6.07, 6.45) is 4.63. The van der Waals surface area contributed by atoms with Gasteiger partial charge in [-0.05, 0) is 38.3 Å². The number of aliphatic hydroxyl groups excluding tert-OH is 1. The highest BCUT2D eigenvalue weighted by molar-refractivity contribution is 5.97. The average Bonchev–Trinajstić information content (AvgIpc) is 2.61. The zero-order valence-corrected chi connectivity index (χ0v) is 15.1. The Balaban J connectivity index is 2.06. The van der Waals surface area contributed by atoms with Crippen molar-refractivity contribution in [3.05, 3.63) is 24.0 Å². The molecule has 0 saturated carbocycles. The molecule has 1 fully saturated rings. The Kier molecular flexibility index (Phi) is 5.18. The molecule has 2 aromatic heterocycles. The van der Waals surface area contributed by atoms with Crippen molar-refractivity contribution in [1.29, 1.82) is 0 Å². The maximum Gasteiger partial charge on any atom is 0.228 e. The first-order valence-corrected chi connectivity index (χ1v) is 9.00. The van der Waals surface area contributed by atoms with E-state index in [0.29, 0.717) is 11.5 Å². The van der Waals surface area contributed by atoms with Gasteiger partial charge in [-0.2, -0.15) is 0 Å². The fraction of sp³-hybridized carbons (Fsp3) is 0.526. The molecule has 0 spiro atoms. The van der Waals surface area contributed by atoms with Crippen molar-refractivity contribution in [3.8, 4) is 0 Å². The molecule has 0 bridgehead atoms. The molecule has 1 aliphatic rings. The summed E-state index contributed by atoms with van der Waals surface area (Å²) in [7, 11) is 0. The summed E-state index contributed by atoms with van der Waals surface area (Å²) in [5, 5.41) is 14.7. The molecule has 3 rings (SSSR count). The SMILES string of the molecule is CC(C)C(=O)Nc1cc2c(N3CCCCC3)nc([C@@H](C)O)cc2cn1. The van der Waals surface area contributed by atoms with E-state index in [4.69, 9.17) is 4.98 Å². The Morgan fingerprint density at radius 1 is 1.20 bits per heavy atom.